The van der Waals surface area contributed by atoms with Gasteiger partial charge in [-0.05, 0) is 22.2 Å². The lowest BCUT2D eigenvalue weighted by atomic mass is 10.4. The summed E-state index contributed by atoms with van der Waals surface area (Å²) in [6.07, 6.45) is 3.44. The molecule has 0 aliphatic heterocycles. The Morgan fingerprint density at radius 3 is 3.14 bits per heavy atom. The first-order valence-electron chi connectivity index (χ1n) is 4.15. The first kappa shape index (κ1) is 11.6. The van der Waals surface area contributed by atoms with Crippen LogP contribution in [0.2, 0.25) is 0 Å². The van der Waals surface area contributed by atoms with Gasteiger partial charge in [0.05, 0.1) is 6.33 Å². The molecule has 0 radical (unpaired) electrons. The zero-order valence-electron chi connectivity index (χ0n) is 8.00. The standard InChI is InChI=1S/C8H12BrN3OS/c1-5(14-2)3-10-7-6(9)8(13)12-4-11-7/h4-5H,3H2,1-2H3,(H2,10,11,12,13). The van der Waals surface area contributed by atoms with Gasteiger partial charge in [-0.25, -0.2) is 4.98 Å². The van der Waals surface area contributed by atoms with Crippen LogP contribution in [0.5, 0.6) is 0 Å². The fraction of sp³-hybridized carbons (Fsp3) is 0.500. The average molecular weight is 278 g/mol. The molecule has 0 saturated carbocycles. The van der Waals surface area contributed by atoms with E-state index in [4.69, 9.17) is 0 Å². The van der Waals surface area contributed by atoms with E-state index in [9.17, 15) is 4.79 Å². The smallest absolute Gasteiger partial charge is 0.267 e. The Labute approximate surface area is 95.0 Å². The highest BCUT2D eigenvalue weighted by atomic mass is 79.9. The van der Waals surface area contributed by atoms with Crippen molar-refractivity contribution in [2.75, 3.05) is 18.1 Å². The van der Waals surface area contributed by atoms with Gasteiger partial charge in [-0.3, -0.25) is 4.79 Å². The van der Waals surface area contributed by atoms with Crippen LogP contribution in [0.3, 0.4) is 0 Å². The van der Waals surface area contributed by atoms with E-state index >= 15 is 0 Å². The second kappa shape index (κ2) is 5.41. The zero-order chi connectivity index (χ0) is 10.6. The molecule has 4 nitrogen and oxygen atoms in total. The molecule has 1 aromatic heterocycles. The largest absolute Gasteiger partial charge is 0.368 e. The number of aromatic nitrogens is 2. The number of anilines is 1. The van der Waals surface area contributed by atoms with Crippen molar-refractivity contribution < 1.29 is 0 Å². The predicted octanol–water partition coefficient (Wildman–Crippen LogP) is 1.70. The Kier molecular flexibility index (Phi) is 4.47. The van der Waals surface area contributed by atoms with E-state index in [2.05, 4.69) is 38.1 Å². The second-order valence-electron chi connectivity index (χ2n) is 2.82. The van der Waals surface area contributed by atoms with Crippen LogP contribution in [0.25, 0.3) is 0 Å². The summed E-state index contributed by atoms with van der Waals surface area (Å²) < 4.78 is 0.452. The van der Waals surface area contributed by atoms with Crippen LogP contribution in [0.15, 0.2) is 15.6 Å². The third-order valence-corrected chi connectivity index (χ3v) is 3.46. The van der Waals surface area contributed by atoms with Crippen LogP contribution in [-0.4, -0.2) is 28.0 Å². The normalized spacial score (nSPS) is 12.5. The maximum Gasteiger partial charge on any atom is 0.267 e. The highest BCUT2D eigenvalue weighted by Gasteiger charge is 2.05. The molecule has 0 aliphatic rings. The van der Waals surface area contributed by atoms with E-state index in [0.29, 0.717) is 15.5 Å². The van der Waals surface area contributed by atoms with Gasteiger partial charge in [-0.2, -0.15) is 11.8 Å². The van der Waals surface area contributed by atoms with Crippen LogP contribution < -0.4 is 10.9 Å². The lowest BCUT2D eigenvalue weighted by molar-refractivity contribution is 0.977. The molecule has 0 amide bonds. The molecule has 1 unspecified atom stereocenters. The van der Waals surface area contributed by atoms with Crippen molar-refractivity contribution in [3.63, 3.8) is 0 Å². The minimum absolute atomic E-state index is 0.167. The van der Waals surface area contributed by atoms with Gasteiger partial charge in [0.1, 0.15) is 10.3 Å². The molecule has 0 fully saturated rings. The van der Waals surface area contributed by atoms with E-state index in [1.807, 2.05) is 6.26 Å². The van der Waals surface area contributed by atoms with Gasteiger partial charge >= 0.3 is 0 Å². The molecule has 1 aromatic rings. The van der Waals surface area contributed by atoms with Gasteiger partial charge in [0.2, 0.25) is 0 Å². The first-order chi connectivity index (χ1) is 6.65. The second-order valence-corrected chi connectivity index (χ2v) is 4.89. The minimum atomic E-state index is -0.167. The molecule has 0 spiro atoms. The van der Waals surface area contributed by atoms with Crippen molar-refractivity contribution >= 4 is 33.5 Å². The van der Waals surface area contributed by atoms with Gasteiger partial charge in [0, 0.05) is 11.8 Å². The quantitative estimate of drug-likeness (QED) is 0.880. The van der Waals surface area contributed by atoms with Gasteiger partial charge in [-0.1, -0.05) is 6.92 Å². The van der Waals surface area contributed by atoms with E-state index in [1.165, 1.54) is 6.33 Å². The zero-order valence-corrected chi connectivity index (χ0v) is 10.4. The average Bonchev–Trinajstić information content (AvgIpc) is 2.20. The monoisotopic (exact) mass is 277 g/mol. The molecule has 0 aromatic carbocycles. The van der Waals surface area contributed by atoms with E-state index in [0.717, 1.165) is 6.54 Å². The fourth-order valence-corrected chi connectivity index (χ4v) is 1.44. The lowest BCUT2D eigenvalue weighted by Crippen LogP contribution is -2.17. The molecule has 2 N–H and O–H groups in total. The van der Waals surface area contributed by atoms with Crippen LogP contribution >= 0.6 is 27.7 Å². The fourth-order valence-electron chi connectivity index (χ4n) is 0.830. The molecule has 78 valence electrons. The Balaban J connectivity index is 2.68. The number of H-pyrrole nitrogens is 1. The number of hydrogen-bond acceptors (Lipinski definition) is 4. The Morgan fingerprint density at radius 2 is 2.50 bits per heavy atom. The van der Waals surface area contributed by atoms with Crippen molar-refractivity contribution in [2.24, 2.45) is 0 Å². The Hall–Kier alpha value is -0.490. The highest BCUT2D eigenvalue weighted by molar-refractivity contribution is 9.10. The lowest BCUT2D eigenvalue weighted by Gasteiger charge is -2.10. The minimum Gasteiger partial charge on any atom is -0.368 e. The van der Waals surface area contributed by atoms with Gasteiger partial charge < -0.3 is 10.3 Å². The molecule has 6 heteroatoms. The predicted molar refractivity (Wildman–Crippen MR) is 64.0 cm³/mol. The van der Waals surface area contributed by atoms with E-state index < -0.39 is 0 Å². The maximum absolute atomic E-state index is 11.2. The molecule has 0 bridgehead atoms. The van der Waals surface area contributed by atoms with Crippen molar-refractivity contribution in [3.05, 3.63) is 21.2 Å². The summed E-state index contributed by atoms with van der Waals surface area (Å²) in [5.41, 5.74) is -0.167. The number of aromatic amines is 1. The third kappa shape index (κ3) is 3.02. The van der Waals surface area contributed by atoms with Crippen molar-refractivity contribution in [3.8, 4) is 0 Å². The van der Waals surface area contributed by atoms with Gasteiger partial charge in [-0.15, -0.1) is 0 Å². The summed E-state index contributed by atoms with van der Waals surface area (Å²) in [4.78, 5) is 17.7. The molecule has 14 heavy (non-hydrogen) atoms. The van der Waals surface area contributed by atoms with Crippen molar-refractivity contribution in [1.82, 2.24) is 9.97 Å². The highest BCUT2D eigenvalue weighted by Crippen LogP contribution is 2.14. The van der Waals surface area contributed by atoms with E-state index in [-0.39, 0.29) is 5.56 Å². The van der Waals surface area contributed by atoms with Crippen LogP contribution in [0.4, 0.5) is 5.82 Å². The summed E-state index contributed by atoms with van der Waals surface area (Å²) in [5, 5.41) is 3.59. The maximum atomic E-state index is 11.2. The number of rotatable bonds is 4. The number of thioether (sulfide) groups is 1. The topological polar surface area (TPSA) is 57.8 Å². The number of halogens is 1. The third-order valence-electron chi connectivity index (χ3n) is 1.76. The summed E-state index contributed by atoms with van der Waals surface area (Å²) >= 11 is 4.94. The summed E-state index contributed by atoms with van der Waals surface area (Å²) in [7, 11) is 0. The van der Waals surface area contributed by atoms with Crippen LogP contribution in [0, 0.1) is 0 Å². The molecule has 1 rings (SSSR count). The number of nitrogens with zero attached hydrogens (tertiary/aromatic N) is 1. The van der Waals surface area contributed by atoms with Crippen LogP contribution in [-0.2, 0) is 0 Å². The Bertz CT molecular complexity index is 355. The SMILES string of the molecule is CSC(C)CNc1nc[nH]c(=O)c1Br. The van der Waals surface area contributed by atoms with Crippen molar-refractivity contribution in [1.29, 1.82) is 0 Å². The molecular formula is C8H12BrN3OS. The van der Waals surface area contributed by atoms with Crippen molar-refractivity contribution in [2.45, 2.75) is 12.2 Å². The molecule has 0 aliphatic carbocycles. The summed E-state index contributed by atoms with van der Waals surface area (Å²) in [6, 6.07) is 0. The molecular weight excluding hydrogens is 266 g/mol. The summed E-state index contributed by atoms with van der Waals surface area (Å²) in [6.45, 7) is 2.90. The Morgan fingerprint density at radius 1 is 1.79 bits per heavy atom. The molecule has 1 atom stereocenters. The van der Waals surface area contributed by atoms with Gasteiger partial charge in [0.15, 0.2) is 0 Å². The molecule has 0 saturated heterocycles. The summed E-state index contributed by atoms with van der Waals surface area (Å²) in [5.74, 6) is 0.592. The number of hydrogen-bond donors (Lipinski definition) is 2. The first-order valence-corrected chi connectivity index (χ1v) is 6.23. The van der Waals surface area contributed by atoms with E-state index in [1.54, 1.807) is 11.8 Å². The molecule has 1 heterocycles. The number of nitrogens with one attached hydrogen (secondary N) is 2. The van der Waals surface area contributed by atoms with Crippen LogP contribution in [0.1, 0.15) is 6.92 Å². The van der Waals surface area contributed by atoms with Gasteiger partial charge in [0.25, 0.3) is 5.56 Å².